The van der Waals surface area contributed by atoms with Crippen molar-refractivity contribution in [2.75, 3.05) is 24.7 Å². The van der Waals surface area contributed by atoms with Gasteiger partial charge in [0.1, 0.15) is 19.8 Å². The summed E-state index contributed by atoms with van der Waals surface area (Å²) in [6.45, 7) is 7.88. The molecule has 1 saturated heterocycles. The Bertz CT molecular complexity index is 904. The van der Waals surface area contributed by atoms with Crippen LogP contribution in [0.1, 0.15) is 35.3 Å². The van der Waals surface area contributed by atoms with E-state index in [1.807, 2.05) is 64.1 Å². The van der Waals surface area contributed by atoms with Gasteiger partial charge in [0.05, 0.1) is 0 Å². The van der Waals surface area contributed by atoms with Crippen LogP contribution in [0.2, 0.25) is 0 Å². The molecule has 29 heavy (non-hydrogen) atoms. The van der Waals surface area contributed by atoms with E-state index in [9.17, 15) is 14.4 Å². The SMILES string of the molecule is Cc1ccc(C(=O)N(CC(=O)N2CC(=O)N(c3ccc(C)cc3)C2)C(C)C)cc1. The van der Waals surface area contributed by atoms with Crippen LogP contribution in [0.4, 0.5) is 5.69 Å². The molecule has 0 N–H and O–H groups in total. The lowest BCUT2D eigenvalue weighted by molar-refractivity contribution is -0.132. The van der Waals surface area contributed by atoms with Gasteiger partial charge >= 0.3 is 0 Å². The minimum absolute atomic E-state index is 0.0252. The molecule has 0 spiro atoms. The lowest BCUT2D eigenvalue weighted by atomic mass is 10.1. The van der Waals surface area contributed by atoms with Crippen LogP contribution in [0.25, 0.3) is 0 Å². The van der Waals surface area contributed by atoms with Gasteiger partial charge in [0, 0.05) is 17.3 Å². The summed E-state index contributed by atoms with van der Waals surface area (Å²) in [6, 6.07) is 14.8. The van der Waals surface area contributed by atoms with Gasteiger partial charge in [0.2, 0.25) is 11.8 Å². The maximum Gasteiger partial charge on any atom is 0.254 e. The molecule has 152 valence electrons. The van der Waals surface area contributed by atoms with E-state index in [0.717, 1.165) is 16.8 Å². The predicted octanol–water partition coefficient (Wildman–Crippen LogP) is 2.99. The zero-order valence-electron chi connectivity index (χ0n) is 17.4. The van der Waals surface area contributed by atoms with Crippen molar-refractivity contribution in [3.8, 4) is 0 Å². The van der Waals surface area contributed by atoms with Gasteiger partial charge in [-0.1, -0.05) is 35.4 Å². The first kappa shape index (κ1) is 20.6. The van der Waals surface area contributed by atoms with Crippen LogP contribution in [0, 0.1) is 13.8 Å². The Labute approximate surface area is 171 Å². The quantitative estimate of drug-likeness (QED) is 0.785. The summed E-state index contributed by atoms with van der Waals surface area (Å²) in [5.74, 6) is -0.542. The van der Waals surface area contributed by atoms with Gasteiger partial charge in [-0.15, -0.1) is 0 Å². The highest BCUT2D eigenvalue weighted by atomic mass is 16.2. The molecule has 0 unspecified atom stereocenters. The Morgan fingerprint density at radius 1 is 0.966 bits per heavy atom. The fourth-order valence-corrected chi connectivity index (χ4v) is 3.26. The third-order valence-electron chi connectivity index (χ3n) is 5.13. The van der Waals surface area contributed by atoms with Gasteiger partial charge in [-0.25, -0.2) is 0 Å². The van der Waals surface area contributed by atoms with Crippen molar-refractivity contribution in [3.05, 3.63) is 65.2 Å². The van der Waals surface area contributed by atoms with Crippen LogP contribution in [-0.2, 0) is 9.59 Å². The van der Waals surface area contributed by atoms with Crippen LogP contribution in [0.5, 0.6) is 0 Å². The van der Waals surface area contributed by atoms with Gasteiger partial charge in [-0.3, -0.25) is 19.3 Å². The van der Waals surface area contributed by atoms with E-state index in [1.54, 1.807) is 21.9 Å². The molecule has 0 aliphatic carbocycles. The van der Waals surface area contributed by atoms with E-state index >= 15 is 0 Å². The summed E-state index contributed by atoms with van der Waals surface area (Å²) < 4.78 is 0. The fraction of sp³-hybridized carbons (Fsp3) is 0.348. The van der Waals surface area contributed by atoms with Gasteiger partial charge in [-0.05, 0) is 52.0 Å². The second-order valence-electron chi connectivity index (χ2n) is 7.78. The lowest BCUT2D eigenvalue weighted by Gasteiger charge is -2.28. The Morgan fingerprint density at radius 3 is 2.07 bits per heavy atom. The third-order valence-corrected chi connectivity index (χ3v) is 5.13. The first-order valence-electron chi connectivity index (χ1n) is 9.78. The van der Waals surface area contributed by atoms with E-state index in [2.05, 4.69) is 0 Å². The lowest BCUT2D eigenvalue weighted by Crippen LogP contribution is -2.45. The van der Waals surface area contributed by atoms with E-state index in [-0.39, 0.29) is 43.5 Å². The molecule has 3 rings (SSSR count). The monoisotopic (exact) mass is 393 g/mol. The van der Waals surface area contributed by atoms with Crippen molar-refractivity contribution < 1.29 is 14.4 Å². The Kier molecular flexibility index (Phi) is 6.01. The zero-order valence-corrected chi connectivity index (χ0v) is 17.4. The average molecular weight is 393 g/mol. The summed E-state index contributed by atoms with van der Waals surface area (Å²) in [5.41, 5.74) is 3.50. The highest BCUT2D eigenvalue weighted by Crippen LogP contribution is 2.20. The molecule has 2 aromatic rings. The molecule has 1 fully saturated rings. The smallest absolute Gasteiger partial charge is 0.254 e. The van der Waals surface area contributed by atoms with Crippen molar-refractivity contribution in [3.63, 3.8) is 0 Å². The maximum absolute atomic E-state index is 12.9. The van der Waals surface area contributed by atoms with Crippen molar-refractivity contribution in [1.82, 2.24) is 9.80 Å². The van der Waals surface area contributed by atoms with Crippen LogP contribution in [0.3, 0.4) is 0 Å². The molecule has 1 aliphatic heterocycles. The topological polar surface area (TPSA) is 60.9 Å². The van der Waals surface area contributed by atoms with E-state index < -0.39 is 0 Å². The molecular weight excluding hydrogens is 366 g/mol. The molecule has 2 aromatic carbocycles. The number of hydrogen-bond donors (Lipinski definition) is 0. The number of aryl methyl sites for hydroxylation is 2. The van der Waals surface area contributed by atoms with Crippen LogP contribution >= 0.6 is 0 Å². The third kappa shape index (κ3) is 4.65. The number of rotatable bonds is 5. The highest BCUT2D eigenvalue weighted by Gasteiger charge is 2.33. The van der Waals surface area contributed by atoms with Crippen LogP contribution in [0.15, 0.2) is 48.5 Å². The molecule has 6 nitrogen and oxygen atoms in total. The van der Waals surface area contributed by atoms with Crippen molar-refractivity contribution in [1.29, 1.82) is 0 Å². The van der Waals surface area contributed by atoms with Gasteiger partial charge in [0.15, 0.2) is 0 Å². The Balaban J connectivity index is 1.70. The minimum Gasteiger partial charge on any atom is -0.327 e. The molecule has 3 amide bonds. The van der Waals surface area contributed by atoms with Gasteiger partial charge in [-0.2, -0.15) is 0 Å². The zero-order chi connectivity index (χ0) is 21.1. The van der Waals surface area contributed by atoms with Gasteiger partial charge in [0.25, 0.3) is 5.91 Å². The molecule has 0 radical (unpaired) electrons. The van der Waals surface area contributed by atoms with Crippen LogP contribution < -0.4 is 4.90 Å². The molecule has 0 atom stereocenters. The first-order valence-corrected chi connectivity index (χ1v) is 9.78. The summed E-state index contributed by atoms with van der Waals surface area (Å²) in [4.78, 5) is 42.9. The molecular formula is C23H27N3O3. The van der Waals surface area contributed by atoms with E-state index in [4.69, 9.17) is 0 Å². The summed E-state index contributed by atoms with van der Waals surface area (Å²) in [7, 11) is 0. The molecule has 1 heterocycles. The predicted molar refractivity (Wildman–Crippen MR) is 113 cm³/mol. The van der Waals surface area contributed by atoms with Crippen molar-refractivity contribution in [2.24, 2.45) is 0 Å². The number of carbonyl (C=O) groups excluding carboxylic acids is 3. The highest BCUT2D eigenvalue weighted by molar-refractivity contribution is 6.01. The number of amides is 3. The Morgan fingerprint density at radius 2 is 1.52 bits per heavy atom. The average Bonchev–Trinajstić information content (AvgIpc) is 3.08. The number of benzene rings is 2. The van der Waals surface area contributed by atoms with Gasteiger partial charge < -0.3 is 9.80 Å². The van der Waals surface area contributed by atoms with Crippen molar-refractivity contribution >= 4 is 23.4 Å². The number of anilines is 1. The second-order valence-corrected chi connectivity index (χ2v) is 7.78. The summed E-state index contributed by atoms with van der Waals surface area (Å²) >= 11 is 0. The van der Waals surface area contributed by atoms with Crippen LogP contribution in [-0.4, -0.2) is 53.3 Å². The minimum atomic E-state index is -0.234. The number of carbonyl (C=O) groups is 3. The number of hydrogen-bond acceptors (Lipinski definition) is 3. The fourth-order valence-electron chi connectivity index (χ4n) is 3.26. The van der Waals surface area contributed by atoms with E-state index in [0.29, 0.717) is 5.56 Å². The standard InChI is InChI=1S/C23H27N3O3/c1-16(2)25(23(29)19-9-5-17(3)6-10-19)14-21(27)24-13-22(28)26(15-24)20-11-7-18(4)8-12-20/h5-12,16H,13-15H2,1-4H3. The first-order chi connectivity index (χ1) is 13.8. The Hall–Kier alpha value is -3.15. The normalized spacial score (nSPS) is 13.9. The second kappa shape index (κ2) is 8.47. The molecule has 0 bridgehead atoms. The van der Waals surface area contributed by atoms with Crippen molar-refractivity contribution in [2.45, 2.75) is 33.7 Å². The largest absolute Gasteiger partial charge is 0.327 e. The maximum atomic E-state index is 12.9. The molecule has 0 saturated carbocycles. The summed E-state index contributed by atoms with van der Waals surface area (Å²) in [6.07, 6.45) is 0. The molecule has 1 aliphatic rings. The molecule has 0 aromatic heterocycles. The van der Waals surface area contributed by atoms with E-state index in [1.165, 1.54) is 4.90 Å². The number of nitrogens with zero attached hydrogens (tertiary/aromatic N) is 3. The summed E-state index contributed by atoms with van der Waals surface area (Å²) in [5, 5.41) is 0. The molecule has 6 heteroatoms.